The third kappa shape index (κ3) is 4.11. The van der Waals surface area contributed by atoms with Gasteiger partial charge in [-0.3, -0.25) is 4.79 Å². The van der Waals surface area contributed by atoms with Crippen molar-refractivity contribution in [3.05, 3.63) is 16.5 Å². The van der Waals surface area contributed by atoms with E-state index in [0.29, 0.717) is 0 Å². The Kier molecular flexibility index (Phi) is 4.30. The van der Waals surface area contributed by atoms with Crippen molar-refractivity contribution in [2.24, 2.45) is 11.1 Å². The Balaban J connectivity index is 2.81. The predicted molar refractivity (Wildman–Crippen MR) is 68.1 cm³/mol. The lowest BCUT2D eigenvalue weighted by atomic mass is 9.87. The largest absolute Gasteiger partial charge is 0.319 e. The van der Waals surface area contributed by atoms with Gasteiger partial charge in [0.05, 0.1) is 6.04 Å². The number of amides is 1. The molecule has 0 fully saturated rings. The zero-order chi connectivity index (χ0) is 13.2. The number of carbonyl (C=O) groups is 1. The first kappa shape index (κ1) is 14.2. The van der Waals surface area contributed by atoms with Crippen LogP contribution < -0.4 is 11.1 Å². The number of rotatable bonds is 2. The first-order valence-corrected chi connectivity index (χ1v) is 5.72. The lowest BCUT2D eigenvalue weighted by Crippen LogP contribution is -2.45. The molecule has 5 nitrogen and oxygen atoms in total. The molecule has 1 atom stereocenters. The third-order valence-corrected chi connectivity index (χ3v) is 2.50. The normalized spacial score (nSPS) is 13.3. The van der Waals surface area contributed by atoms with Gasteiger partial charge in [-0.2, -0.15) is 0 Å². The molecule has 0 aliphatic carbocycles. The molecule has 0 spiro atoms. The van der Waals surface area contributed by atoms with Crippen LogP contribution in [0.1, 0.15) is 20.8 Å². The van der Waals surface area contributed by atoms with Crippen molar-refractivity contribution >= 4 is 34.9 Å². The number of halogens is 2. The fourth-order valence-electron chi connectivity index (χ4n) is 1.05. The minimum absolute atomic E-state index is 0.0304. The van der Waals surface area contributed by atoms with Crippen molar-refractivity contribution in [2.75, 3.05) is 5.32 Å². The van der Waals surface area contributed by atoms with E-state index in [1.54, 1.807) is 0 Å². The second kappa shape index (κ2) is 5.16. The van der Waals surface area contributed by atoms with E-state index in [-0.39, 0.29) is 27.6 Å². The predicted octanol–water partition coefficient (Wildman–Crippen LogP) is 2.10. The summed E-state index contributed by atoms with van der Waals surface area (Å²) >= 11 is 11.3. The summed E-state index contributed by atoms with van der Waals surface area (Å²) in [7, 11) is 0. The molecule has 0 aliphatic rings. The van der Waals surface area contributed by atoms with Crippen LogP contribution in [0.5, 0.6) is 0 Å². The summed E-state index contributed by atoms with van der Waals surface area (Å²) in [6.07, 6.45) is 0. The fraction of sp³-hybridized carbons (Fsp3) is 0.500. The lowest BCUT2D eigenvalue weighted by molar-refractivity contribution is -0.119. The minimum Gasteiger partial charge on any atom is -0.319 e. The Morgan fingerprint density at radius 3 is 2.47 bits per heavy atom. The third-order valence-electron chi connectivity index (χ3n) is 2.13. The van der Waals surface area contributed by atoms with Gasteiger partial charge in [-0.05, 0) is 17.0 Å². The van der Waals surface area contributed by atoms with Crippen molar-refractivity contribution in [1.82, 2.24) is 9.97 Å². The van der Waals surface area contributed by atoms with Gasteiger partial charge in [-0.15, -0.1) is 0 Å². The van der Waals surface area contributed by atoms with E-state index in [0.717, 1.165) is 0 Å². The van der Waals surface area contributed by atoms with E-state index >= 15 is 0 Å². The van der Waals surface area contributed by atoms with Crippen LogP contribution in [0.2, 0.25) is 10.4 Å². The molecule has 3 N–H and O–H groups in total. The summed E-state index contributed by atoms with van der Waals surface area (Å²) in [4.78, 5) is 19.3. The van der Waals surface area contributed by atoms with Gasteiger partial charge in [0.1, 0.15) is 11.0 Å². The molecule has 0 aromatic carbocycles. The van der Waals surface area contributed by atoms with Gasteiger partial charge in [-0.1, -0.05) is 32.4 Å². The molecule has 0 radical (unpaired) electrons. The molecule has 1 unspecified atom stereocenters. The highest BCUT2D eigenvalue weighted by Gasteiger charge is 2.27. The van der Waals surface area contributed by atoms with Crippen LogP contribution in [0, 0.1) is 5.41 Å². The maximum absolute atomic E-state index is 11.8. The molecule has 0 saturated carbocycles. The van der Waals surface area contributed by atoms with E-state index in [4.69, 9.17) is 28.9 Å². The van der Waals surface area contributed by atoms with Crippen molar-refractivity contribution in [1.29, 1.82) is 0 Å². The summed E-state index contributed by atoms with van der Waals surface area (Å²) in [5.41, 5.74) is 5.45. The van der Waals surface area contributed by atoms with Crippen LogP contribution in [0.15, 0.2) is 6.07 Å². The molecule has 7 heteroatoms. The number of carbonyl (C=O) groups excluding carboxylic acids is 1. The quantitative estimate of drug-likeness (QED) is 0.640. The molecule has 0 bridgehead atoms. The van der Waals surface area contributed by atoms with Gasteiger partial charge in [0, 0.05) is 6.07 Å². The van der Waals surface area contributed by atoms with Gasteiger partial charge in [-0.25, -0.2) is 9.97 Å². The lowest BCUT2D eigenvalue weighted by Gasteiger charge is -2.25. The highest BCUT2D eigenvalue weighted by Crippen LogP contribution is 2.19. The number of hydrogen-bond acceptors (Lipinski definition) is 4. The number of anilines is 1. The Morgan fingerprint density at radius 1 is 1.41 bits per heavy atom. The molecule has 94 valence electrons. The second-order valence-electron chi connectivity index (χ2n) is 4.68. The van der Waals surface area contributed by atoms with Gasteiger partial charge in [0.2, 0.25) is 11.2 Å². The first-order valence-electron chi connectivity index (χ1n) is 4.96. The molecule has 1 amide bonds. The van der Waals surface area contributed by atoms with Crippen LogP contribution in [-0.4, -0.2) is 21.9 Å². The van der Waals surface area contributed by atoms with Crippen LogP contribution in [-0.2, 0) is 4.79 Å². The van der Waals surface area contributed by atoms with Gasteiger partial charge in [0.15, 0.2) is 0 Å². The van der Waals surface area contributed by atoms with Gasteiger partial charge in [0.25, 0.3) is 0 Å². The number of aromatic nitrogens is 2. The van der Waals surface area contributed by atoms with Crippen LogP contribution in [0.25, 0.3) is 0 Å². The zero-order valence-electron chi connectivity index (χ0n) is 9.79. The van der Waals surface area contributed by atoms with Crippen LogP contribution >= 0.6 is 23.2 Å². The topological polar surface area (TPSA) is 80.9 Å². The molecule has 1 rings (SSSR count). The van der Waals surface area contributed by atoms with Crippen LogP contribution in [0.3, 0.4) is 0 Å². The smallest absolute Gasteiger partial charge is 0.242 e. The molecular formula is C10H14Cl2N4O. The summed E-state index contributed by atoms with van der Waals surface area (Å²) in [5.74, 6) is -0.108. The zero-order valence-corrected chi connectivity index (χ0v) is 11.3. The van der Waals surface area contributed by atoms with E-state index < -0.39 is 6.04 Å². The minimum atomic E-state index is -0.657. The average Bonchev–Trinajstić information content (AvgIpc) is 2.13. The van der Waals surface area contributed by atoms with E-state index in [2.05, 4.69) is 15.3 Å². The summed E-state index contributed by atoms with van der Waals surface area (Å²) in [6.45, 7) is 5.62. The Labute approximate surface area is 110 Å². The molecular weight excluding hydrogens is 263 g/mol. The van der Waals surface area contributed by atoms with Crippen molar-refractivity contribution in [2.45, 2.75) is 26.8 Å². The molecule has 1 heterocycles. The van der Waals surface area contributed by atoms with Crippen molar-refractivity contribution < 1.29 is 4.79 Å². The Hall–Kier alpha value is -0.910. The number of nitrogens with two attached hydrogens (primary N) is 1. The standard InChI is InChI=1S/C10H14Cl2N4O/c1-10(2,3)7(13)8(17)15-6-4-5(11)14-9(12)16-6/h4,7H,13H2,1-3H3,(H,14,15,16,17). The number of hydrogen-bond donors (Lipinski definition) is 2. The summed E-state index contributed by atoms with van der Waals surface area (Å²) in [6, 6.07) is 0.746. The highest BCUT2D eigenvalue weighted by molar-refractivity contribution is 6.32. The monoisotopic (exact) mass is 276 g/mol. The molecule has 1 aromatic heterocycles. The van der Waals surface area contributed by atoms with E-state index in [1.807, 2.05) is 20.8 Å². The number of nitrogens with zero attached hydrogens (tertiary/aromatic N) is 2. The van der Waals surface area contributed by atoms with E-state index in [9.17, 15) is 4.79 Å². The molecule has 17 heavy (non-hydrogen) atoms. The maximum Gasteiger partial charge on any atom is 0.242 e. The first-order chi connectivity index (χ1) is 7.70. The number of nitrogens with one attached hydrogen (secondary N) is 1. The highest BCUT2D eigenvalue weighted by atomic mass is 35.5. The fourth-order valence-corrected chi connectivity index (χ4v) is 1.46. The Morgan fingerprint density at radius 2 is 2.00 bits per heavy atom. The molecule has 0 aliphatic heterocycles. The van der Waals surface area contributed by atoms with Gasteiger partial charge < -0.3 is 11.1 Å². The second-order valence-corrected chi connectivity index (χ2v) is 5.40. The van der Waals surface area contributed by atoms with Crippen molar-refractivity contribution in [3.63, 3.8) is 0 Å². The molecule has 1 aromatic rings. The average molecular weight is 277 g/mol. The van der Waals surface area contributed by atoms with E-state index in [1.165, 1.54) is 6.07 Å². The van der Waals surface area contributed by atoms with Crippen molar-refractivity contribution in [3.8, 4) is 0 Å². The Bertz CT molecular complexity index is 411. The van der Waals surface area contributed by atoms with Crippen LogP contribution in [0.4, 0.5) is 5.82 Å². The summed E-state index contributed by atoms with van der Waals surface area (Å²) in [5, 5.41) is 2.67. The SMILES string of the molecule is CC(C)(C)C(N)C(=O)Nc1cc(Cl)nc(Cl)n1. The summed E-state index contributed by atoms with van der Waals surface area (Å²) < 4.78 is 0. The molecule has 0 saturated heterocycles. The van der Waals surface area contributed by atoms with Gasteiger partial charge >= 0.3 is 0 Å². The maximum atomic E-state index is 11.8.